The van der Waals surface area contributed by atoms with E-state index in [1.807, 2.05) is 29.9 Å². The molecule has 3 heteroatoms. The summed E-state index contributed by atoms with van der Waals surface area (Å²) in [5.74, 6) is 0. The van der Waals surface area contributed by atoms with Crippen LogP contribution in [-0.4, -0.2) is 4.98 Å². The fourth-order valence-electron chi connectivity index (χ4n) is 1.82. The van der Waals surface area contributed by atoms with Gasteiger partial charge in [-0.2, -0.15) is 0 Å². The summed E-state index contributed by atoms with van der Waals surface area (Å²) in [6.07, 6.45) is 1.85. The van der Waals surface area contributed by atoms with Gasteiger partial charge in [0.1, 0.15) is 0 Å². The average molecular weight is 226 g/mol. The Morgan fingerprint density at radius 2 is 1.81 bits per heavy atom. The standard InChI is InChI=1S/C13H10N2S/c14-12-6-10-4-2-1-3-9(10)5-11(12)13-7-15-8-16-13/h1-8H,14H2. The van der Waals surface area contributed by atoms with Crippen molar-refractivity contribution in [3.05, 3.63) is 48.1 Å². The first-order valence-corrected chi connectivity index (χ1v) is 5.90. The van der Waals surface area contributed by atoms with Crippen molar-refractivity contribution in [1.29, 1.82) is 0 Å². The molecule has 0 aliphatic heterocycles. The van der Waals surface area contributed by atoms with Gasteiger partial charge in [-0.25, -0.2) is 0 Å². The van der Waals surface area contributed by atoms with Gasteiger partial charge < -0.3 is 5.73 Å². The van der Waals surface area contributed by atoms with Crippen LogP contribution in [-0.2, 0) is 0 Å². The molecule has 3 rings (SSSR count). The van der Waals surface area contributed by atoms with Crippen LogP contribution in [0.1, 0.15) is 0 Å². The smallest absolute Gasteiger partial charge is 0.0797 e. The average Bonchev–Trinajstić information content (AvgIpc) is 2.81. The predicted molar refractivity (Wildman–Crippen MR) is 69.5 cm³/mol. The maximum Gasteiger partial charge on any atom is 0.0797 e. The van der Waals surface area contributed by atoms with Crippen LogP contribution in [0.4, 0.5) is 5.69 Å². The fraction of sp³-hybridized carbons (Fsp3) is 0. The number of aromatic nitrogens is 1. The lowest BCUT2D eigenvalue weighted by Gasteiger charge is -2.05. The minimum Gasteiger partial charge on any atom is -0.398 e. The SMILES string of the molecule is Nc1cc2ccccc2cc1-c1cncs1. The Kier molecular flexibility index (Phi) is 2.11. The summed E-state index contributed by atoms with van der Waals surface area (Å²) in [4.78, 5) is 5.20. The van der Waals surface area contributed by atoms with Crippen molar-refractivity contribution in [2.45, 2.75) is 0 Å². The second kappa shape index (κ2) is 3.61. The van der Waals surface area contributed by atoms with Crippen LogP contribution in [0.15, 0.2) is 48.1 Å². The van der Waals surface area contributed by atoms with Gasteiger partial charge in [0.05, 0.1) is 10.4 Å². The van der Waals surface area contributed by atoms with Gasteiger partial charge in [-0.3, -0.25) is 4.98 Å². The highest BCUT2D eigenvalue weighted by Crippen LogP contribution is 2.32. The highest BCUT2D eigenvalue weighted by Gasteiger charge is 2.05. The van der Waals surface area contributed by atoms with Crippen LogP contribution in [0.2, 0.25) is 0 Å². The topological polar surface area (TPSA) is 38.9 Å². The van der Waals surface area contributed by atoms with E-state index in [1.54, 1.807) is 11.3 Å². The zero-order chi connectivity index (χ0) is 11.0. The maximum absolute atomic E-state index is 6.06. The summed E-state index contributed by atoms with van der Waals surface area (Å²) in [6.45, 7) is 0. The minimum atomic E-state index is 0.808. The molecule has 0 atom stereocenters. The van der Waals surface area contributed by atoms with Crippen molar-refractivity contribution < 1.29 is 0 Å². The van der Waals surface area contributed by atoms with Gasteiger partial charge in [-0.1, -0.05) is 24.3 Å². The molecule has 0 unspecified atom stereocenters. The van der Waals surface area contributed by atoms with E-state index in [9.17, 15) is 0 Å². The minimum absolute atomic E-state index is 0.808. The summed E-state index contributed by atoms with van der Waals surface area (Å²) in [5, 5.41) is 2.38. The van der Waals surface area contributed by atoms with Crippen LogP contribution >= 0.6 is 11.3 Å². The second-order valence-corrected chi connectivity index (χ2v) is 4.54. The van der Waals surface area contributed by atoms with Gasteiger partial charge >= 0.3 is 0 Å². The van der Waals surface area contributed by atoms with E-state index in [0.717, 1.165) is 16.1 Å². The van der Waals surface area contributed by atoms with Crippen molar-refractivity contribution in [2.24, 2.45) is 0 Å². The molecular weight excluding hydrogens is 216 g/mol. The van der Waals surface area contributed by atoms with Gasteiger partial charge in [0.15, 0.2) is 0 Å². The van der Waals surface area contributed by atoms with Gasteiger partial charge in [0.2, 0.25) is 0 Å². The fourth-order valence-corrected chi connectivity index (χ4v) is 2.48. The van der Waals surface area contributed by atoms with E-state index >= 15 is 0 Å². The monoisotopic (exact) mass is 226 g/mol. The number of benzene rings is 2. The molecule has 1 heterocycles. The third kappa shape index (κ3) is 1.46. The highest BCUT2D eigenvalue weighted by molar-refractivity contribution is 7.13. The largest absolute Gasteiger partial charge is 0.398 e. The Hall–Kier alpha value is -1.87. The Morgan fingerprint density at radius 1 is 1.06 bits per heavy atom. The van der Waals surface area contributed by atoms with E-state index in [4.69, 9.17) is 5.73 Å². The molecule has 2 nitrogen and oxygen atoms in total. The van der Waals surface area contributed by atoms with E-state index in [-0.39, 0.29) is 0 Å². The number of nitrogen functional groups attached to an aromatic ring is 1. The molecule has 0 spiro atoms. The number of nitrogens with two attached hydrogens (primary N) is 1. The van der Waals surface area contributed by atoms with Crippen LogP contribution in [0.25, 0.3) is 21.2 Å². The molecule has 0 bridgehead atoms. The first-order valence-electron chi connectivity index (χ1n) is 5.02. The van der Waals surface area contributed by atoms with Crippen molar-refractivity contribution in [2.75, 3.05) is 5.73 Å². The molecule has 0 amide bonds. The Bertz CT molecular complexity index is 629. The molecule has 2 aromatic carbocycles. The number of hydrogen-bond donors (Lipinski definition) is 1. The molecule has 0 saturated heterocycles. The summed E-state index contributed by atoms with van der Waals surface area (Å²) in [7, 11) is 0. The van der Waals surface area contributed by atoms with E-state index < -0.39 is 0 Å². The number of hydrogen-bond acceptors (Lipinski definition) is 3. The second-order valence-electron chi connectivity index (χ2n) is 3.65. The molecule has 78 valence electrons. The molecule has 0 radical (unpaired) electrons. The number of nitrogens with zero attached hydrogens (tertiary/aromatic N) is 1. The molecule has 0 saturated carbocycles. The van der Waals surface area contributed by atoms with Crippen LogP contribution in [0.3, 0.4) is 0 Å². The van der Waals surface area contributed by atoms with Crippen molar-refractivity contribution in [3.8, 4) is 10.4 Å². The molecule has 0 fully saturated rings. The van der Waals surface area contributed by atoms with Crippen LogP contribution < -0.4 is 5.73 Å². The van der Waals surface area contributed by atoms with E-state index in [1.165, 1.54) is 10.8 Å². The summed E-state index contributed by atoms with van der Waals surface area (Å²) < 4.78 is 0. The van der Waals surface area contributed by atoms with Gasteiger partial charge in [-0.05, 0) is 22.9 Å². The van der Waals surface area contributed by atoms with Crippen LogP contribution in [0.5, 0.6) is 0 Å². The zero-order valence-corrected chi connectivity index (χ0v) is 9.37. The van der Waals surface area contributed by atoms with E-state index in [2.05, 4.69) is 23.2 Å². The first kappa shape index (κ1) is 9.36. The van der Waals surface area contributed by atoms with Gasteiger partial charge in [0.25, 0.3) is 0 Å². The molecule has 0 aliphatic rings. The predicted octanol–water partition coefficient (Wildman–Crippen LogP) is 3.55. The lowest BCUT2D eigenvalue weighted by molar-refractivity contribution is 1.42. The molecule has 3 aromatic rings. The third-order valence-electron chi connectivity index (χ3n) is 2.62. The van der Waals surface area contributed by atoms with Crippen molar-refractivity contribution >= 4 is 27.8 Å². The lowest BCUT2D eigenvalue weighted by Crippen LogP contribution is -1.89. The molecule has 0 aliphatic carbocycles. The highest BCUT2D eigenvalue weighted by atomic mass is 32.1. The van der Waals surface area contributed by atoms with Crippen LogP contribution in [0, 0.1) is 0 Å². The Labute approximate surface area is 97.4 Å². The third-order valence-corrected chi connectivity index (χ3v) is 3.42. The van der Waals surface area contributed by atoms with Gasteiger partial charge in [0, 0.05) is 17.4 Å². The number of thiazole rings is 1. The number of anilines is 1. The van der Waals surface area contributed by atoms with Crippen molar-refractivity contribution in [1.82, 2.24) is 4.98 Å². The number of fused-ring (bicyclic) bond motifs is 1. The molecular formula is C13H10N2S. The summed E-state index contributed by atoms with van der Waals surface area (Å²) in [5.41, 5.74) is 9.76. The van der Waals surface area contributed by atoms with E-state index in [0.29, 0.717) is 0 Å². The quantitative estimate of drug-likeness (QED) is 0.644. The summed E-state index contributed by atoms with van der Waals surface area (Å²) in [6, 6.07) is 12.4. The zero-order valence-electron chi connectivity index (χ0n) is 8.55. The maximum atomic E-state index is 6.06. The van der Waals surface area contributed by atoms with Gasteiger partial charge in [-0.15, -0.1) is 11.3 Å². The molecule has 16 heavy (non-hydrogen) atoms. The number of rotatable bonds is 1. The lowest BCUT2D eigenvalue weighted by atomic mass is 10.0. The first-order chi connectivity index (χ1) is 7.84. The Morgan fingerprint density at radius 3 is 2.50 bits per heavy atom. The molecule has 2 N–H and O–H groups in total. The molecule has 1 aromatic heterocycles. The normalized spacial score (nSPS) is 10.8. The summed E-state index contributed by atoms with van der Waals surface area (Å²) >= 11 is 1.61. The Balaban J connectivity index is 2.30. The van der Waals surface area contributed by atoms with Crippen molar-refractivity contribution in [3.63, 3.8) is 0 Å².